The third-order valence-corrected chi connectivity index (χ3v) is 4.74. The Morgan fingerprint density at radius 2 is 2.00 bits per heavy atom. The highest BCUT2D eigenvalue weighted by Crippen LogP contribution is 2.33. The Bertz CT molecular complexity index is 287. The van der Waals surface area contributed by atoms with Crippen LogP contribution in [0.1, 0.15) is 40.0 Å². The van der Waals surface area contributed by atoms with Crippen LogP contribution in [0.25, 0.3) is 0 Å². The molecule has 2 fully saturated rings. The zero-order chi connectivity index (χ0) is 13.1. The summed E-state index contributed by atoms with van der Waals surface area (Å²) in [6, 6.07) is 0.779. The first-order chi connectivity index (χ1) is 8.61. The molecule has 4 nitrogen and oxygen atoms in total. The summed E-state index contributed by atoms with van der Waals surface area (Å²) in [5.41, 5.74) is 0. The van der Waals surface area contributed by atoms with Gasteiger partial charge < -0.3 is 16.0 Å². The zero-order valence-electron chi connectivity index (χ0n) is 11.8. The van der Waals surface area contributed by atoms with Crippen molar-refractivity contribution in [1.29, 1.82) is 0 Å². The molecule has 2 rings (SSSR count). The Labute approximate surface area is 110 Å². The van der Waals surface area contributed by atoms with Gasteiger partial charge in [-0.1, -0.05) is 20.3 Å². The summed E-state index contributed by atoms with van der Waals surface area (Å²) in [5.74, 6) is 1.57. The van der Waals surface area contributed by atoms with Crippen LogP contribution in [0.15, 0.2) is 0 Å². The van der Waals surface area contributed by atoms with Gasteiger partial charge in [0, 0.05) is 25.2 Å². The molecule has 5 unspecified atom stereocenters. The van der Waals surface area contributed by atoms with Crippen molar-refractivity contribution in [2.24, 2.45) is 11.8 Å². The van der Waals surface area contributed by atoms with E-state index in [4.69, 9.17) is 0 Å². The van der Waals surface area contributed by atoms with Gasteiger partial charge >= 0.3 is 0 Å². The highest BCUT2D eigenvalue weighted by Gasteiger charge is 2.34. The summed E-state index contributed by atoms with van der Waals surface area (Å²) in [7, 11) is 0. The second kappa shape index (κ2) is 6.02. The molecule has 4 heteroatoms. The number of piperazine rings is 1. The largest absolute Gasteiger partial charge is 0.352 e. The molecule has 1 heterocycles. The van der Waals surface area contributed by atoms with Crippen LogP contribution in [0, 0.1) is 11.8 Å². The Kier molecular flexibility index (Phi) is 4.62. The van der Waals surface area contributed by atoms with Crippen molar-refractivity contribution in [2.45, 2.75) is 58.2 Å². The van der Waals surface area contributed by atoms with Crippen LogP contribution in [0.5, 0.6) is 0 Å². The Morgan fingerprint density at radius 3 is 2.56 bits per heavy atom. The SMILES string of the molecule is CCC1CCC(NC(=O)C2CNC(C)CN2)C1C. The van der Waals surface area contributed by atoms with Crippen molar-refractivity contribution in [1.82, 2.24) is 16.0 Å². The van der Waals surface area contributed by atoms with Crippen LogP contribution in [0.4, 0.5) is 0 Å². The van der Waals surface area contributed by atoms with Crippen LogP contribution in [0.2, 0.25) is 0 Å². The van der Waals surface area contributed by atoms with E-state index in [1.54, 1.807) is 0 Å². The molecule has 1 aliphatic heterocycles. The lowest BCUT2D eigenvalue weighted by Gasteiger charge is -2.30. The smallest absolute Gasteiger partial charge is 0.238 e. The van der Waals surface area contributed by atoms with E-state index in [0.29, 0.717) is 18.0 Å². The molecule has 18 heavy (non-hydrogen) atoms. The first-order valence-corrected chi connectivity index (χ1v) is 7.39. The van der Waals surface area contributed by atoms with Crippen LogP contribution in [0.3, 0.4) is 0 Å². The number of nitrogens with one attached hydrogen (secondary N) is 3. The van der Waals surface area contributed by atoms with Gasteiger partial charge in [-0.2, -0.15) is 0 Å². The van der Waals surface area contributed by atoms with Gasteiger partial charge in [-0.25, -0.2) is 0 Å². The molecule has 5 atom stereocenters. The summed E-state index contributed by atoms with van der Waals surface area (Å²) in [6.45, 7) is 8.27. The lowest BCUT2D eigenvalue weighted by atomic mass is 9.93. The quantitative estimate of drug-likeness (QED) is 0.700. The second-order valence-electron chi connectivity index (χ2n) is 5.99. The third kappa shape index (κ3) is 3.04. The maximum atomic E-state index is 12.2. The van der Waals surface area contributed by atoms with Gasteiger partial charge in [0.15, 0.2) is 0 Å². The second-order valence-corrected chi connectivity index (χ2v) is 5.99. The zero-order valence-corrected chi connectivity index (χ0v) is 11.8. The van der Waals surface area contributed by atoms with Crippen LogP contribution < -0.4 is 16.0 Å². The molecule has 1 saturated carbocycles. The number of hydrogen-bond acceptors (Lipinski definition) is 3. The highest BCUT2D eigenvalue weighted by molar-refractivity contribution is 5.82. The lowest BCUT2D eigenvalue weighted by molar-refractivity contribution is -0.124. The molecule has 0 bridgehead atoms. The number of carbonyl (C=O) groups is 1. The number of amides is 1. The molecular weight excluding hydrogens is 226 g/mol. The van der Waals surface area contributed by atoms with Crippen molar-refractivity contribution in [3.05, 3.63) is 0 Å². The van der Waals surface area contributed by atoms with Crippen molar-refractivity contribution >= 4 is 5.91 Å². The lowest BCUT2D eigenvalue weighted by Crippen LogP contribution is -2.60. The average molecular weight is 253 g/mol. The minimum absolute atomic E-state index is 0.0610. The fourth-order valence-corrected chi connectivity index (χ4v) is 3.28. The summed E-state index contributed by atoms with van der Waals surface area (Å²) >= 11 is 0. The molecule has 0 aromatic heterocycles. The summed E-state index contributed by atoms with van der Waals surface area (Å²) in [4.78, 5) is 12.2. The van der Waals surface area contributed by atoms with Gasteiger partial charge in [0.25, 0.3) is 0 Å². The molecule has 104 valence electrons. The Balaban J connectivity index is 1.81. The predicted octanol–water partition coefficient (Wildman–Crippen LogP) is 0.877. The Hall–Kier alpha value is -0.610. The topological polar surface area (TPSA) is 53.2 Å². The predicted molar refractivity (Wildman–Crippen MR) is 73.4 cm³/mol. The molecule has 0 radical (unpaired) electrons. The van der Waals surface area contributed by atoms with E-state index in [0.717, 1.165) is 25.4 Å². The first-order valence-electron chi connectivity index (χ1n) is 7.39. The van der Waals surface area contributed by atoms with E-state index in [2.05, 4.69) is 36.7 Å². The van der Waals surface area contributed by atoms with Crippen molar-refractivity contribution < 1.29 is 4.79 Å². The number of hydrogen-bond donors (Lipinski definition) is 3. The van der Waals surface area contributed by atoms with Crippen molar-refractivity contribution in [3.8, 4) is 0 Å². The van der Waals surface area contributed by atoms with Crippen LogP contribution in [-0.4, -0.2) is 37.1 Å². The van der Waals surface area contributed by atoms with Gasteiger partial charge in [-0.05, 0) is 31.6 Å². The molecule has 1 aliphatic carbocycles. The van der Waals surface area contributed by atoms with E-state index in [1.165, 1.54) is 12.8 Å². The molecule has 3 N–H and O–H groups in total. The fourth-order valence-electron chi connectivity index (χ4n) is 3.28. The van der Waals surface area contributed by atoms with Crippen molar-refractivity contribution in [3.63, 3.8) is 0 Å². The third-order valence-electron chi connectivity index (χ3n) is 4.74. The van der Waals surface area contributed by atoms with E-state index >= 15 is 0 Å². The van der Waals surface area contributed by atoms with E-state index in [1.807, 2.05) is 0 Å². The van der Waals surface area contributed by atoms with Gasteiger partial charge in [0.1, 0.15) is 0 Å². The van der Waals surface area contributed by atoms with Crippen LogP contribution >= 0.6 is 0 Å². The van der Waals surface area contributed by atoms with E-state index in [-0.39, 0.29) is 11.9 Å². The maximum Gasteiger partial charge on any atom is 0.238 e. The summed E-state index contributed by atoms with van der Waals surface area (Å²) in [5, 5.41) is 9.89. The maximum absolute atomic E-state index is 12.2. The summed E-state index contributed by atoms with van der Waals surface area (Å²) < 4.78 is 0. The van der Waals surface area contributed by atoms with Crippen LogP contribution in [-0.2, 0) is 4.79 Å². The van der Waals surface area contributed by atoms with Gasteiger partial charge in [0.2, 0.25) is 5.91 Å². The van der Waals surface area contributed by atoms with E-state index < -0.39 is 0 Å². The molecule has 0 aromatic carbocycles. The first kappa shape index (κ1) is 13.8. The molecule has 1 amide bonds. The summed E-state index contributed by atoms with van der Waals surface area (Å²) in [6.07, 6.45) is 3.63. The van der Waals surface area contributed by atoms with Gasteiger partial charge in [-0.15, -0.1) is 0 Å². The van der Waals surface area contributed by atoms with E-state index in [9.17, 15) is 4.79 Å². The molecule has 0 aromatic rings. The monoisotopic (exact) mass is 253 g/mol. The van der Waals surface area contributed by atoms with Gasteiger partial charge in [-0.3, -0.25) is 4.79 Å². The number of carbonyl (C=O) groups excluding carboxylic acids is 1. The molecule has 1 saturated heterocycles. The fraction of sp³-hybridized carbons (Fsp3) is 0.929. The Morgan fingerprint density at radius 1 is 1.22 bits per heavy atom. The van der Waals surface area contributed by atoms with Crippen molar-refractivity contribution in [2.75, 3.05) is 13.1 Å². The molecular formula is C14H27N3O. The molecule has 0 spiro atoms. The standard InChI is InChI=1S/C14H27N3O/c1-4-11-5-6-12(10(11)3)17-14(18)13-8-15-9(2)7-16-13/h9-13,15-16H,4-8H2,1-3H3,(H,17,18). The molecule has 2 aliphatic rings. The highest BCUT2D eigenvalue weighted by atomic mass is 16.2. The minimum atomic E-state index is -0.0610. The minimum Gasteiger partial charge on any atom is -0.352 e. The number of rotatable bonds is 3. The van der Waals surface area contributed by atoms with Gasteiger partial charge in [0.05, 0.1) is 6.04 Å². The normalized spacial score (nSPS) is 40.7. The average Bonchev–Trinajstić information content (AvgIpc) is 2.71.